The Labute approximate surface area is 160 Å². The summed E-state index contributed by atoms with van der Waals surface area (Å²) < 4.78 is 0. The van der Waals surface area contributed by atoms with Crippen LogP contribution >= 0.6 is 0 Å². The maximum atomic E-state index is 12.0. The highest BCUT2D eigenvalue weighted by Crippen LogP contribution is 2.14. The number of rotatable bonds is 14. The summed E-state index contributed by atoms with van der Waals surface area (Å²) in [5.41, 5.74) is 2.20. The van der Waals surface area contributed by atoms with Crippen molar-refractivity contribution in [1.82, 2.24) is 10.6 Å². The van der Waals surface area contributed by atoms with Gasteiger partial charge in [0.15, 0.2) is 0 Å². The van der Waals surface area contributed by atoms with Crippen LogP contribution in [-0.4, -0.2) is 25.7 Å². The smallest absolute Gasteiger partial charge is 0.319 e. The Morgan fingerprint density at radius 3 is 2.19 bits per heavy atom. The van der Waals surface area contributed by atoms with Crippen molar-refractivity contribution in [2.24, 2.45) is 0 Å². The van der Waals surface area contributed by atoms with Crippen molar-refractivity contribution in [2.75, 3.05) is 18.9 Å². The number of hydrogen-bond donors (Lipinski definition) is 3. The second kappa shape index (κ2) is 14.6. The first kappa shape index (κ1) is 22.5. The predicted octanol–water partition coefficient (Wildman–Crippen LogP) is 5.49. The SMILES string of the molecule is CCCCCCCCCCc1ccc(NC(=O)N[C@H](C)CCNC)cc1. The van der Waals surface area contributed by atoms with Gasteiger partial charge >= 0.3 is 6.03 Å². The minimum atomic E-state index is -0.135. The van der Waals surface area contributed by atoms with Gasteiger partial charge in [0.2, 0.25) is 0 Å². The molecule has 4 heteroatoms. The largest absolute Gasteiger partial charge is 0.335 e. The molecule has 1 aromatic rings. The third kappa shape index (κ3) is 11.1. The zero-order chi connectivity index (χ0) is 19.0. The fraction of sp³-hybridized carbons (Fsp3) is 0.682. The second-order valence-electron chi connectivity index (χ2n) is 7.31. The average Bonchev–Trinajstić information content (AvgIpc) is 2.63. The summed E-state index contributed by atoms with van der Waals surface area (Å²) in [5, 5.41) is 8.95. The van der Waals surface area contributed by atoms with Crippen LogP contribution in [0.2, 0.25) is 0 Å². The molecule has 0 radical (unpaired) electrons. The molecular weight excluding hydrogens is 322 g/mol. The molecule has 0 aliphatic carbocycles. The Bertz CT molecular complexity index is 473. The van der Waals surface area contributed by atoms with Gasteiger partial charge in [-0.15, -0.1) is 0 Å². The van der Waals surface area contributed by atoms with Gasteiger partial charge in [-0.25, -0.2) is 4.79 Å². The highest BCUT2D eigenvalue weighted by molar-refractivity contribution is 5.89. The van der Waals surface area contributed by atoms with Crippen molar-refractivity contribution in [3.05, 3.63) is 29.8 Å². The van der Waals surface area contributed by atoms with Crippen molar-refractivity contribution in [1.29, 1.82) is 0 Å². The molecule has 0 unspecified atom stereocenters. The van der Waals surface area contributed by atoms with Crippen molar-refractivity contribution >= 4 is 11.7 Å². The maximum Gasteiger partial charge on any atom is 0.319 e. The number of urea groups is 1. The van der Waals surface area contributed by atoms with Crippen LogP contribution in [0.5, 0.6) is 0 Å². The van der Waals surface area contributed by atoms with Crippen LogP contribution < -0.4 is 16.0 Å². The molecule has 0 aliphatic heterocycles. The molecule has 3 N–H and O–H groups in total. The first-order valence-electron chi connectivity index (χ1n) is 10.5. The molecule has 0 bridgehead atoms. The Balaban J connectivity index is 2.17. The standard InChI is InChI=1S/C22H39N3O/c1-4-5-6-7-8-9-10-11-12-20-13-15-21(16-14-20)25-22(26)24-19(2)17-18-23-3/h13-16,19,23H,4-12,17-18H2,1-3H3,(H2,24,25,26)/t19-/m1/s1. The number of aryl methyl sites for hydroxylation is 1. The predicted molar refractivity (Wildman–Crippen MR) is 113 cm³/mol. The van der Waals surface area contributed by atoms with Gasteiger partial charge in [0.25, 0.3) is 0 Å². The third-order valence-corrected chi connectivity index (χ3v) is 4.74. The molecule has 0 saturated heterocycles. The van der Waals surface area contributed by atoms with Gasteiger partial charge in [0.1, 0.15) is 0 Å². The molecule has 1 atom stereocenters. The molecule has 0 spiro atoms. The Morgan fingerprint density at radius 2 is 1.58 bits per heavy atom. The lowest BCUT2D eigenvalue weighted by Gasteiger charge is -2.14. The summed E-state index contributed by atoms with van der Waals surface area (Å²) in [5.74, 6) is 0. The average molecular weight is 362 g/mol. The van der Waals surface area contributed by atoms with Gasteiger partial charge in [-0.05, 0) is 57.5 Å². The molecular formula is C22H39N3O. The fourth-order valence-corrected chi connectivity index (χ4v) is 3.04. The zero-order valence-corrected chi connectivity index (χ0v) is 17.1. The number of carbonyl (C=O) groups excluding carboxylic acids is 1. The first-order valence-corrected chi connectivity index (χ1v) is 10.5. The molecule has 0 heterocycles. The lowest BCUT2D eigenvalue weighted by molar-refractivity contribution is 0.248. The van der Waals surface area contributed by atoms with E-state index in [1.807, 2.05) is 26.1 Å². The Hall–Kier alpha value is -1.55. The van der Waals surface area contributed by atoms with Crippen LogP contribution in [0.3, 0.4) is 0 Å². The Kier molecular flexibility index (Phi) is 12.6. The van der Waals surface area contributed by atoms with Crippen LogP contribution in [0, 0.1) is 0 Å². The van der Waals surface area contributed by atoms with Crippen LogP contribution in [-0.2, 0) is 6.42 Å². The van der Waals surface area contributed by atoms with Crippen molar-refractivity contribution in [3.63, 3.8) is 0 Å². The summed E-state index contributed by atoms with van der Waals surface area (Å²) in [4.78, 5) is 12.0. The molecule has 4 nitrogen and oxygen atoms in total. The zero-order valence-electron chi connectivity index (χ0n) is 17.1. The van der Waals surface area contributed by atoms with E-state index >= 15 is 0 Å². The number of carbonyl (C=O) groups is 1. The lowest BCUT2D eigenvalue weighted by atomic mass is 10.0. The molecule has 1 rings (SSSR count). The summed E-state index contributed by atoms with van der Waals surface area (Å²) in [6.45, 7) is 5.18. The van der Waals surface area contributed by atoms with Gasteiger partial charge in [-0.3, -0.25) is 0 Å². The minimum Gasteiger partial charge on any atom is -0.335 e. The molecule has 148 valence electrons. The van der Waals surface area contributed by atoms with E-state index in [0.717, 1.165) is 25.1 Å². The fourth-order valence-electron chi connectivity index (χ4n) is 3.04. The van der Waals surface area contributed by atoms with E-state index in [9.17, 15) is 4.79 Å². The van der Waals surface area contributed by atoms with Crippen molar-refractivity contribution < 1.29 is 4.79 Å². The third-order valence-electron chi connectivity index (χ3n) is 4.74. The highest BCUT2D eigenvalue weighted by atomic mass is 16.2. The summed E-state index contributed by atoms with van der Waals surface area (Å²) in [7, 11) is 1.92. The topological polar surface area (TPSA) is 53.2 Å². The number of amides is 2. The van der Waals surface area contributed by atoms with Crippen LogP contribution in [0.4, 0.5) is 10.5 Å². The highest BCUT2D eigenvalue weighted by Gasteiger charge is 2.06. The van der Waals surface area contributed by atoms with E-state index in [0.29, 0.717) is 0 Å². The molecule has 0 aliphatic rings. The first-order chi connectivity index (χ1) is 12.7. The summed E-state index contributed by atoms with van der Waals surface area (Å²) >= 11 is 0. The lowest BCUT2D eigenvalue weighted by Crippen LogP contribution is -2.37. The monoisotopic (exact) mass is 361 g/mol. The molecule has 0 fully saturated rings. The van der Waals surface area contributed by atoms with E-state index in [4.69, 9.17) is 0 Å². The second-order valence-corrected chi connectivity index (χ2v) is 7.31. The molecule has 1 aromatic carbocycles. The van der Waals surface area contributed by atoms with E-state index in [2.05, 4.69) is 35.0 Å². The molecule has 26 heavy (non-hydrogen) atoms. The van der Waals surface area contributed by atoms with Gasteiger partial charge in [0, 0.05) is 11.7 Å². The summed E-state index contributed by atoms with van der Waals surface area (Å²) in [6, 6.07) is 8.27. The number of anilines is 1. The van der Waals surface area contributed by atoms with E-state index in [1.54, 1.807) is 0 Å². The number of benzene rings is 1. The summed E-state index contributed by atoms with van der Waals surface area (Å²) in [6.07, 6.45) is 12.8. The molecule has 2 amide bonds. The van der Waals surface area contributed by atoms with Crippen LogP contribution in [0.25, 0.3) is 0 Å². The van der Waals surface area contributed by atoms with Gasteiger partial charge in [0.05, 0.1) is 0 Å². The van der Waals surface area contributed by atoms with Crippen LogP contribution in [0.15, 0.2) is 24.3 Å². The van der Waals surface area contributed by atoms with E-state index in [-0.39, 0.29) is 12.1 Å². The number of hydrogen-bond acceptors (Lipinski definition) is 2. The van der Waals surface area contributed by atoms with Gasteiger partial charge in [-0.2, -0.15) is 0 Å². The minimum absolute atomic E-state index is 0.135. The van der Waals surface area contributed by atoms with Crippen molar-refractivity contribution in [2.45, 2.75) is 84.1 Å². The van der Waals surface area contributed by atoms with Crippen molar-refractivity contribution in [3.8, 4) is 0 Å². The quantitative estimate of drug-likeness (QED) is 0.384. The van der Waals surface area contributed by atoms with Gasteiger partial charge in [-0.1, -0.05) is 64.0 Å². The van der Waals surface area contributed by atoms with E-state index < -0.39 is 0 Å². The normalized spacial score (nSPS) is 12.0. The molecule has 0 aromatic heterocycles. The van der Waals surface area contributed by atoms with Gasteiger partial charge < -0.3 is 16.0 Å². The van der Waals surface area contributed by atoms with E-state index in [1.165, 1.54) is 56.9 Å². The number of unbranched alkanes of at least 4 members (excludes halogenated alkanes) is 7. The molecule has 0 saturated carbocycles. The number of nitrogens with one attached hydrogen (secondary N) is 3. The van der Waals surface area contributed by atoms with Crippen LogP contribution in [0.1, 0.15) is 77.2 Å². The maximum absolute atomic E-state index is 12.0. The Morgan fingerprint density at radius 1 is 0.962 bits per heavy atom.